The van der Waals surface area contributed by atoms with Crippen LogP contribution in [0, 0.1) is 0 Å². The quantitative estimate of drug-likeness (QED) is 0.862. The maximum absolute atomic E-state index is 13.5. The van der Waals surface area contributed by atoms with Gasteiger partial charge in [0.15, 0.2) is 0 Å². The number of hydrogen-bond donors (Lipinski definition) is 0. The maximum Gasteiger partial charge on any atom is 0.233 e. The first-order valence-electron chi connectivity index (χ1n) is 8.74. The van der Waals surface area contributed by atoms with Crippen LogP contribution in [-0.2, 0) is 23.2 Å². The molecule has 2 aromatic carbocycles. The molecule has 0 spiro atoms. The predicted molar refractivity (Wildman–Crippen MR) is 94.1 cm³/mol. The summed E-state index contributed by atoms with van der Waals surface area (Å²) in [5, 5.41) is 0. The lowest BCUT2D eigenvalue weighted by atomic mass is 9.63. The normalized spacial score (nSPS) is 18.5. The predicted octanol–water partition coefficient (Wildman–Crippen LogP) is 3.70. The van der Waals surface area contributed by atoms with Crippen LogP contribution in [0.25, 0.3) is 0 Å². The minimum atomic E-state index is -0.390. The summed E-state index contributed by atoms with van der Waals surface area (Å²) in [5.41, 5.74) is 3.33. The third-order valence-electron chi connectivity index (χ3n) is 5.66. The van der Waals surface area contributed by atoms with Gasteiger partial charge in [-0.1, -0.05) is 48.9 Å². The molecule has 0 bridgehead atoms. The largest absolute Gasteiger partial charge is 0.496 e. The lowest BCUT2D eigenvalue weighted by Gasteiger charge is -2.45. The molecule has 2 aliphatic rings. The van der Waals surface area contributed by atoms with Gasteiger partial charge in [0, 0.05) is 18.7 Å². The van der Waals surface area contributed by atoms with E-state index < -0.39 is 0 Å². The molecule has 124 valence electrons. The molecule has 1 saturated carbocycles. The highest BCUT2D eigenvalue weighted by atomic mass is 16.5. The molecule has 4 rings (SSSR count). The number of nitrogens with zero attached hydrogens (tertiary/aromatic N) is 1. The summed E-state index contributed by atoms with van der Waals surface area (Å²) in [6.45, 7) is 1.54. The van der Waals surface area contributed by atoms with Crippen molar-refractivity contribution in [1.29, 1.82) is 0 Å². The van der Waals surface area contributed by atoms with E-state index in [4.69, 9.17) is 4.74 Å². The van der Waals surface area contributed by atoms with Crippen LogP contribution in [0.4, 0.5) is 0 Å². The summed E-state index contributed by atoms with van der Waals surface area (Å²) >= 11 is 0. The molecule has 2 aromatic rings. The van der Waals surface area contributed by atoms with Crippen molar-refractivity contribution in [2.75, 3.05) is 13.7 Å². The fourth-order valence-corrected chi connectivity index (χ4v) is 4.14. The van der Waals surface area contributed by atoms with E-state index in [0.717, 1.165) is 50.1 Å². The number of hydrogen-bond acceptors (Lipinski definition) is 2. The van der Waals surface area contributed by atoms with Gasteiger partial charge in [0.1, 0.15) is 5.75 Å². The van der Waals surface area contributed by atoms with E-state index >= 15 is 0 Å². The third kappa shape index (κ3) is 2.31. The highest BCUT2D eigenvalue weighted by molar-refractivity contribution is 5.90. The van der Waals surface area contributed by atoms with E-state index in [1.807, 2.05) is 23.1 Å². The summed E-state index contributed by atoms with van der Waals surface area (Å²) in [6.07, 6.45) is 3.90. The summed E-state index contributed by atoms with van der Waals surface area (Å²) in [5.74, 6) is 1.11. The van der Waals surface area contributed by atoms with Crippen LogP contribution < -0.4 is 4.74 Å². The Kier molecular flexibility index (Phi) is 3.79. The molecule has 0 atom stereocenters. The van der Waals surface area contributed by atoms with Gasteiger partial charge in [-0.2, -0.15) is 0 Å². The van der Waals surface area contributed by atoms with Crippen LogP contribution in [-0.4, -0.2) is 24.5 Å². The maximum atomic E-state index is 13.5. The van der Waals surface area contributed by atoms with Crippen molar-refractivity contribution >= 4 is 5.91 Å². The van der Waals surface area contributed by atoms with E-state index in [0.29, 0.717) is 0 Å². The topological polar surface area (TPSA) is 29.5 Å². The number of ether oxygens (including phenoxy) is 1. The number of methoxy groups -OCH3 is 1. The van der Waals surface area contributed by atoms with Crippen LogP contribution in [0.1, 0.15) is 36.0 Å². The number of benzene rings is 2. The zero-order valence-electron chi connectivity index (χ0n) is 14.1. The number of carbonyl (C=O) groups excluding carboxylic acids is 1. The fourth-order valence-electron chi connectivity index (χ4n) is 4.14. The van der Waals surface area contributed by atoms with Crippen LogP contribution in [0.15, 0.2) is 48.5 Å². The monoisotopic (exact) mass is 321 g/mol. The molecule has 0 aromatic heterocycles. The van der Waals surface area contributed by atoms with Gasteiger partial charge in [0.25, 0.3) is 0 Å². The van der Waals surface area contributed by atoms with Gasteiger partial charge in [-0.05, 0) is 36.5 Å². The van der Waals surface area contributed by atoms with Crippen LogP contribution in [0.5, 0.6) is 5.75 Å². The first-order chi connectivity index (χ1) is 11.7. The van der Waals surface area contributed by atoms with E-state index in [9.17, 15) is 4.79 Å². The van der Waals surface area contributed by atoms with Gasteiger partial charge in [-0.25, -0.2) is 0 Å². The van der Waals surface area contributed by atoms with Crippen molar-refractivity contribution in [3.05, 3.63) is 65.2 Å². The smallest absolute Gasteiger partial charge is 0.233 e. The first kappa shape index (κ1) is 15.3. The Labute approximate surface area is 143 Å². The van der Waals surface area contributed by atoms with Crippen molar-refractivity contribution in [3.63, 3.8) is 0 Å². The summed E-state index contributed by atoms with van der Waals surface area (Å²) in [4.78, 5) is 15.5. The van der Waals surface area contributed by atoms with E-state index in [1.54, 1.807) is 7.11 Å². The SMILES string of the molecule is COc1ccccc1C1(C(=O)N2CCc3ccccc3C2)CCC1. The standard InChI is InChI=1S/C21H23NO2/c1-24-19-10-5-4-9-18(19)21(12-6-13-21)20(23)22-14-11-16-7-2-3-8-17(16)15-22/h2-5,7-10H,6,11-15H2,1H3. The van der Waals surface area contributed by atoms with Crippen molar-refractivity contribution in [3.8, 4) is 5.75 Å². The Morgan fingerprint density at radius 3 is 2.46 bits per heavy atom. The van der Waals surface area contributed by atoms with Crippen LogP contribution in [0.3, 0.4) is 0 Å². The van der Waals surface area contributed by atoms with Gasteiger partial charge >= 0.3 is 0 Å². The molecule has 1 aliphatic carbocycles. The highest BCUT2D eigenvalue weighted by Crippen LogP contribution is 2.48. The second-order valence-electron chi connectivity index (χ2n) is 6.88. The lowest BCUT2D eigenvalue weighted by molar-refractivity contribution is -0.142. The summed E-state index contributed by atoms with van der Waals surface area (Å²) < 4.78 is 5.55. The van der Waals surface area contributed by atoms with E-state index in [1.165, 1.54) is 11.1 Å². The third-order valence-corrected chi connectivity index (χ3v) is 5.66. The zero-order valence-corrected chi connectivity index (χ0v) is 14.1. The minimum Gasteiger partial charge on any atom is -0.496 e. The Balaban J connectivity index is 1.65. The molecular formula is C21H23NO2. The molecule has 1 heterocycles. The van der Waals surface area contributed by atoms with Gasteiger partial charge < -0.3 is 9.64 Å². The van der Waals surface area contributed by atoms with Crippen molar-refractivity contribution in [1.82, 2.24) is 4.90 Å². The zero-order chi connectivity index (χ0) is 16.6. The number of fused-ring (bicyclic) bond motifs is 1. The molecule has 3 nitrogen and oxygen atoms in total. The molecule has 0 unspecified atom stereocenters. The van der Waals surface area contributed by atoms with Gasteiger partial charge in [-0.3, -0.25) is 4.79 Å². The summed E-state index contributed by atoms with van der Waals surface area (Å²) in [7, 11) is 1.69. The molecule has 0 N–H and O–H groups in total. The Hall–Kier alpha value is -2.29. The van der Waals surface area contributed by atoms with E-state index in [2.05, 4.69) is 30.3 Å². The number of para-hydroxylation sites is 1. The molecule has 1 aliphatic heterocycles. The lowest BCUT2D eigenvalue weighted by Crippen LogP contribution is -2.52. The first-order valence-corrected chi connectivity index (χ1v) is 8.74. The Morgan fingerprint density at radius 2 is 1.75 bits per heavy atom. The molecular weight excluding hydrogens is 298 g/mol. The van der Waals surface area contributed by atoms with Crippen molar-refractivity contribution in [2.24, 2.45) is 0 Å². The van der Waals surface area contributed by atoms with Gasteiger partial charge in [-0.15, -0.1) is 0 Å². The van der Waals surface area contributed by atoms with E-state index in [-0.39, 0.29) is 11.3 Å². The molecule has 0 radical (unpaired) electrons. The van der Waals surface area contributed by atoms with Gasteiger partial charge in [0.2, 0.25) is 5.91 Å². The molecule has 1 fully saturated rings. The highest BCUT2D eigenvalue weighted by Gasteiger charge is 2.49. The Bertz CT molecular complexity index is 764. The van der Waals surface area contributed by atoms with Crippen LogP contribution in [0.2, 0.25) is 0 Å². The van der Waals surface area contributed by atoms with Gasteiger partial charge in [0.05, 0.1) is 12.5 Å². The number of amides is 1. The molecule has 24 heavy (non-hydrogen) atoms. The Morgan fingerprint density at radius 1 is 1.04 bits per heavy atom. The molecule has 0 saturated heterocycles. The van der Waals surface area contributed by atoms with Crippen molar-refractivity contribution < 1.29 is 9.53 Å². The minimum absolute atomic E-state index is 0.271. The second kappa shape index (κ2) is 5.97. The summed E-state index contributed by atoms with van der Waals surface area (Å²) in [6, 6.07) is 16.5. The number of carbonyl (C=O) groups is 1. The molecule has 1 amide bonds. The average molecular weight is 321 g/mol. The van der Waals surface area contributed by atoms with Crippen molar-refractivity contribution in [2.45, 2.75) is 37.6 Å². The number of rotatable bonds is 3. The second-order valence-corrected chi connectivity index (χ2v) is 6.88. The average Bonchev–Trinajstić information content (AvgIpc) is 2.60. The fraction of sp³-hybridized carbons (Fsp3) is 0.381. The molecule has 3 heteroatoms. The van der Waals surface area contributed by atoms with Crippen LogP contribution >= 0.6 is 0 Å².